The molecule has 0 saturated heterocycles. The summed E-state index contributed by atoms with van der Waals surface area (Å²) in [6.45, 7) is 0. The molecule has 0 saturated carbocycles. The number of fused-ring (bicyclic) bond motifs is 6. The maximum Gasteiger partial charge on any atom is 0.0547 e. The third-order valence-electron chi connectivity index (χ3n) is 11.6. The molecule has 0 unspecified atom stereocenters. The lowest BCUT2D eigenvalue weighted by atomic mass is 9.85. The van der Waals surface area contributed by atoms with Gasteiger partial charge in [-0.15, -0.1) is 0 Å². The summed E-state index contributed by atoms with van der Waals surface area (Å²) >= 11 is 0. The average molecular weight is 724 g/mol. The molecule has 1 aromatic heterocycles. The van der Waals surface area contributed by atoms with Crippen molar-refractivity contribution in [3.8, 4) is 39.1 Å². The Morgan fingerprint density at radius 2 is 0.754 bits per heavy atom. The van der Waals surface area contributed by atoms with E-state index in [2.05, 4.69) is 229 Å². The Labute approximate surface area is 332 Å². The monoisotopic (exact) mass is 723 g/mol. The molecular formula is C56H37N. The van der Waals surface area contributed by atoms with Crippen molar-refractivity contribution in [2.24, 2.45) is 0 Å². The molecule has 0 bridgehead atoms. The summed E-state index contributed by atoms with van der Waals surface area (Å²) in [6.07, 6.45) is 4.41. The summed E-state index contributed by atoms with van der Waals surface area (Å²) in [5.41, 5.74) is 13.4. The molecule has 0 spiro atoms. The van der Waals surface area contributed by atoms with Crippen LogP contribution in [0, 0.1) is 0 Å². The van der Waals surface area contributed by atoms with Crippen molar-refractivity contribution in [2.45, 2.75) is 0 Å². The Balaban J connectivity index is 0.970. The molecule has 0 aliphatic heterocycles. The number of benzene rings is 10. The fourth-order valence-electron chi connectivity index (χ4n) is 8.84. The van der Waals surface area contributed by atoms with Gasteiger partial charge in [0.25, 0.3) is 0 Å². The van der Waals surface area contributed by atoms with Crippen LogP contribution in [-0.2, 0) is 0 Å². The average Bonchev–Trinajstić information content (AvgIpc) is 3.61. The van der Waals surface area contributed by atoms with Gasteiger partial charge in [-0.1, -0.05) is 194 Å². The first kappa shape index (κ1) is 32.9. The summed E-state index contributed by atoms with van der Waals surface area (Å²) in [5.74, 6) is 0. The van der Waals surface area contributed by atoms with Gasteiger partial charge in [0.2, 0.25) is 0 Å². The molecule has 1 heterocycles. The summed E-state index contributed by atoms with van der Waals surface area (Å²) in [5, 5.41) is 10.1. The number of hydrogen-bond donors (Lipinski definition) is 0. The van der Waals surface area contributed by atoms with E-state index >= 15 is 0 Å². The maximum absolute atomic E-state index is 2.41. The molecule has 57 heavy (non-hydrogen) atoms. The normalized spacial score (nSPS) is 11.8. The van der Waals surface area contributed by atoms with E-state index in [1.165, 1.54) is 104 Å². The highest BCUT2D eigenvalue weighted by molar-refractivity contribution is 6.22. The second-order valence-corrected chi connectivity index (χ2v) is 14.9. The molecule has 11 aromatic rings. The number of para-hydroxylation sites is 2. The van der Waals surface area contributed by atoms with Crippen LogP contribution in [0.25, 0.3) is 105 Å². The van der Waals surface area contributed by atoms with Crippen molar-refractivity contribution in [1.82, 2.24) is 4.57 Å². The highest BCUT2D eigenvalue weighted by atomic mass is 15.0. The van der Waals surface area contributed by atoms with Crippen molar-refractivity contribution in [3.05, 3.63) is 223 Å². The van der Waals surface area contributed by atoms with Crippen LogP contribution in [-0.4, -0.2) is 4.57 Å². The summed E-state index contributed by atoms with van der Waals surface area (Å²) in [7, 11) is 0. The second kappa shape index (κ2) is 13.7. The number of nitrogens with zero attached hydrogens (tertiary/aromatic N) is 1. The highest BCUT2D eigenvalue weighted by Gasteiger charge is 2.19. The largest absolute Gasteiger partial charge is 0.309 e. The van der Waals surface area contributed by atoms with Gasteiger partial charge in [-0.2, -0.15) is 0 Å². The quantitative estimate of drug-likeness (QED) is 0.119. The Kier molecular flexibility index (Phi) is 7.89. The van der Waals surface area contributed by atoms with Gasteiger partial charge >= 0.3 is 0 Å². The van der Waals surface area contributed by atoms with Gasteiger partial charge in [-0.3, -0.25) is 0 Å². The van der Waals surface area contributed by atoms with E-state index in [9.17, 15) is 0 Å². The zero-order chi connectivity index (χ0) is 37.7. The van der Waals surface area contributed by atoms with E-state index in [4.69, 9.17) is 0 Å². The lowest BCUT2D eigenvalue weighted by molar-refractivity contribution is 1.18. The molecule has 266 valence electrons. The van der Waals surface area contributed by atoms with Crippen LogP contribution in [0.15, 0.2) is 212 Å². The summed E-state index contributed by atoms with van der Waals surface area (Å²) in [4.78, 5) is 0. The number of aromatic nitrogens is 1. The zero-order valence-electron chi connectivity index (χ0n) is 31.3. The standard InChI is InChI=1S/C56H37N/c1-2-14-46(15-3-1)57-53-21-11-10-16-47(53)48-35-34-45(37-54(48)57)56-51-19-8-6-17-49(51)55(50-18-7-9-20-52(50)56)42-30-26-39(27-31-42)23-22-38-24-28-41(29-25-38)44-33-32-40-12-4-5-13-43(40)36-44/h1-37H/b23-22+. The molecule has 1 heteroatoms. The van der Waals surface area contributed by atoms with E-state index in [1.54, 1.807) is 0 Å². The number of hydrogen-bond acceptors (Lipinski definition) is 0. The lowest BCUT2D eigenvalue weighted by Gasteiger charge is -2.18. The van der Waals surface area contributed by atoms with Crippen molar-refractivity contribution in [3.63, 3.8) is 0 Å². The van der Waals surface area contributed by atoms with Gasteiger partial charge in [0.05, 0.1) is 11.0 Å². The fraction of sp³-hybridized carbons (Fsp3) is 0. The van der Waals surface area contributed by atoms with Gasteiger partial charge in [0.1, 0.15) is 0 Å². The van der Waals surface area contributed by atoms with E-state index in [1.807, 2.05) is 0 Å². The van der Waals surface area contributed by atoms with Crippen LogP contribution in [0.4, 0.5) is 0 Å². The predicted octanol–water partition coefficient (Wildman–Crippen LogP) is 15.4. The van der Waals surface area contributed by atoms with Crippen LogP contribution < -0.4 is 0 Å². The summed E-state index contributed by atoms with van der Waals surface area (Å²) < 4.78 is 2.41. The Morgan fingerprint density at radius 3 is 1.40 bits per heavy atom. The third-order valence-corrected chi connectivity index (χ3v) is 11.6. The van der Waals surface area contributed by atoms with Crippen LogP contribution in [0.2, 0.25) is 0 Å². The fourth-order valence-corrected chi connectivity index (χ4v) is 8.84. The summed E-state index contributed by atoms with van der Waals surface area (Å²) in [6, 6.07) is 77.4. The molecule has 0 radical (unpaired) electrons. The van der Waals surface area contributed by atoms with Gasteiger partial charge in [0, 0.05) is 16.5 Å². The minimum atomic E-state index is 1.17. The van der Waals surface area contributed by atoms with Gasteiger partial charge in [0.15, 0.2) is 0 Å². The van der Waals surface area contributed by atoms with Crippen molar-refractivity contribution >= 4 is 66.3 Å². The first-order chi connectivity index (χ1) is 28.3. The van der Waals surface area contributed by atoms with Gasteiger partial charge in [-0.25, -0.2) is 0 Å². The Bertz CT molecular complexity index is 3250. The zero-order valence-corrected chi connectivity index (χ0v) is 31.3. The molecule has 0 aliphatic carbocycles. The minimum absolute atomic E-state index is 1.17. The molecule has 0 atom stereocenters. The lowest BCUT2D eigenvalue weighted by Crippen LogP contribution is -1.94. The molecule has 0 N–H and O–H groups in total. The number of rotatable bonds is 6. The van der Waals surface area contributed by atoms with Crippen LogP contribution >= 0.6 is 0 Å². The van der Waals surface area contributed by atoms with Crippen molar-refractivity contribution in [1.29, 1.82) is 0 Å². The molecule has 1 nitrogen and oxygen atoms in total. The maximum atomic E-state index is 2.41. The molecule has 0 aliphatic rings. The van der Waals surface area contributed by atoms with Gasteiger partial charge in [-0.05, 0) is 107 Å². The van der Waals surface area contributed by atoms with Crippen LogP contribution in [0.3, 0.4) is 0 Å². The van der Waals surface area contributed by atoms with Crippen LogP contribution in [0.1, 0.15) is 11.1 Å². The Hall–Kier alpha value is -7.48. The molecule has 0 amide bonds. The first-order valence-electron chi connectivity index (χ1n) is 19.7. The molecular weight excluding hydrogens is 687 g/mol. The Morgan fingerprint density at radius 1 is 0.281 bits per heavy atom. The third kappa shape index (κ3) is 5.72. The van der Waals surface area contributed by atoms with Crippen molar-refractivity contribution < 1.29 is 0 Å². The minimum Gasteiger partial charge on any atom is -0.309 e. The van der Waals surface area contributed by atoms with E-state index in [0.717, 1.165) is 0 Å². The second-order valence-electron chi connectivity index (χ2n) is 14.9. The van der Waals surface area contributed by atoms with E-state index in [-0.39, 0.29) is 0 Å². The first-order valence-corrected chi connectivity index (χ1v) is 19.7. The van der Waals surface area contributed by atoms with Gasteiger partial charge < -0.3 is 4.57 Å². The van der Waals surface area contributed by atoms with Crippen LogP contribution in [0.5, 0.6) is 0 Å². The predicted molar refractivity (Wildman–Crippen MR) is 245 cm³/mol. The van der Waals surface area contributed by atoms with E-state index in [0.29, 0.717) is 0 Å². The molecule has 0 fully saturated rings. The topological polar surface area (TPSA) is 4.93 Å². The highest BCUT2D eigenvalue weighted by Crippen LogP contribution is 2.45. The van der Waals surface area contributed by atoms with Crippen molar-refractivity contribution in [2.75, 3.05) is 0 Å². The SMILES string of the molecule is C(=C\c1ccc(-c2c3ccccc3c(-c3ccc4c5ccccc5n(-c5ccccc5)c4c3)c3ccccc23)cc1)/c1ccc(-c2ccc3ccccc3c2)cc1. The molecule has 11 rings (SSSR count). The molecule has 10 aromatic carbocycles. The van der Waals surface area contributed by atoms with E-state index < -0.39 is 0 Å². The smallest absolute Gasteiger partial charge is 0.0547 e.